The van der Waals surface area contributed by atoms with Crippen molar-refractivity contribution in [2.75, 3.05) is 13.2 Å². The summed E-state index contributed by atoms with van der Waals surface area (Å²) in [5.74, 6) is 0.475. The zero-order chi connectivity index (χ0) is 10.4. The van der Waals surface area contributed by atoms with E-state index in [1.807, 2.05) is 6.07 Å². The lowest BCUT2D eigenvalue weighted by atomic mass is 10.2. The van der Waals surface area contributed by atoms with Crippen molar-refractivity contribution in [2.24, 2.45) is 5.73 Å². The van der Waals surface area contributed by atoms with Crippen LogP contribution in [0.25, 0.3) is 0 Å². The summed E-state index contributed by atoms with van der Waals surface area (Å²) in [5.41, 5.74) is 5.67. The first-order valence-electron chi connectivity index (χ1n) is 4.28. The molecule has 1 aromatic carbocycles. The highest BCUT2D eigenvalue weighted by atomic mass is 16.5. The van der Waals surface area contributed by atoms with Crippen molar-refractivity contribution in [3.05, 3.63) is 29.8 Å². The number of hydrogen-bond acceptors (Lipinski definition) is 4. The van der Waals surface area contributed by atoms with E-state index in [1.165, 1.54) is 0 Å². The van der Waals surface area contributed by atoms with Gasteiger partial charge in [0, 0.05) is 6.54 Å². The number of benzene rings is 1. The van der Waals surface area contributed by atoms with Crippen LogP contribution in [0.15, 0.2) is 24.3 Å². The molecule has 0 unspecified atom stereocenters. The van der Waals surface area contributed by atoms with Gasteiger partial charge >= 0.3 is 0 Å². The van der Waals surface area contributed by atoms with Gasteiger partial charge in [0.25, 0.3) is 0 Å². The molecule has 0 amide bonds. The lowest BCUT2D eigenvalue weighted by Crippen LogP contribution is -2.26. The maximum Gasteiger partial charge on any atom is 0.137 e. The zero-order valence-electron chi connectivity index (χ0n) is 7.68. The predicted octanol–water partition coefficient (Wildman–Crippen LogP) is 0.257. The summed E-state index contributed by atoms with van der Waals surface area (Å²) in [6, 6.07) is 8.86. The van der Waals surface area contributed by atoms with Crippen LogP contribution in [-0.4, -0.2) is 24.4 Å². The monoisotopic (exact) mass is 192 g/mol. The van der Waals surface area contributed by atoms with E-state index in [0.717, 1.165) is 0 Å². The van der Waals surface area contributed by atoms with Crippen LogP contribution >= 0.6 is 0 Å². The van der Waals surface area contributed by atoms with Gasteiger partial charge in [-0.1, -0.05) is 12.1 Å². The highest BCUT2D eigenvalue weighted by molar-refractivity contribution is 5.42. The molecule has 1 atom stereocenters. The van der Waals surface area contributed by atoms with Gasteiger partial charge in [-0.15, -0.1) is 0 Å². The summed E-state index contributed by atoms with van der Waals surface area (Å²) >= 11 is 0. The molecule has 0 fully saturated rings. The molecule has 0 aliphatic rings. The van der Waals surface area contributed by atoms with E-state index >= 15 is 0 Å². The standard InChI is InChI=1S/C10H12N2O2/c11-5-8-3-1-2-4-10(8)14-7-9(13)6-12/h1-4,9,13H,6-7,12H2/t9-/m1/s1. The fraction of sp³-hybridized carbons (Fsp3) is 0.300. The second-order valence-corrected chi connectivity index (χ2v) is 2.81. The first-order chi connectivity index (χ1) is 6.77. The van der Waals surface area contributed by atoms with Gasteiger partial charge in [0.05, 0.1) is 5.56 Å². The Morgan fingerprint density at radius 1 is 1.50 bits per heavy atom. The Morgan fingerprint density at radius 2 is 2.21 bits per heavy atom. The Kier molecular flexibility index (Phi) is 3.92. The van der Waals surface area contributed by atoms with Crippen LogP contribution in [0.2, 0.25) is 0 Å². The molecule has 0 bridgehead atoms. The molecule has 4 nitrogen and oxygen atoms in total. The molecule has 0 heterocycles. The number of rotatable bonds is 4. The number of nitriles is 1. The third-order valence-electron chi connectivity index (χ3n) is 1.71. The molecule has 0 aromatic heterocycles. The number of para-hydroxylation sites is 1. The lowest BCUT2D eigenvalue weighted by Gasteiger charge is -2.10. The Morgan fingerprint density at radius 3 is 2.86 bits per heavy atom. The number of aliphatic hydroxyl groups is 1. The summed E-state index contributed by atoms with van der Waals surface area (Å²) in [4.78, 5) is 0. The Bertz CT molecular complexity index is 333. The van der Waals surface area contributed by atoms with E-state index in [0.29, 0.717) is 11.3 Å². The summed E-state index contributed by atoms with van der Waals surface area (Å²) in [6.07, 6.45) is -0.693. The van der Waals surface area contributed by atoms with Gasteiger partial charge < -0.3 is 15.6 Å². The molecule has 0 radical (unpaired) electrons. The van der Waals surface area contributed by atoms with Gasteiger partial charge in [0.2, 0.25) is 0 Å². The van der Waals surface area contributed by atoms with Crippen molar-refractivity contribution in [3.8, 4) is 11.8 Å². The maximum atomic E-state index is 9.15. The topological polar surface area (TPSA) is 79.3 Å². The third kappa shape index (κ3) is 2.73. The SMILES string of the molecule is N#Cc1ccccc1OC[C@H](O)CN. The first-order valence-corrected chi connectivity index (χ1v) is 4.28. The minimum atomic E-state index is -0.693. The molecule has 0 aliphatic heterocycles. The molecular weight excluding hydrogens is 180 g/mol. The van der Waals surface area contributed by atoms with Crippen molar-refractivity contribution < 1.29 is 9.84 Å². The van der Waals surface area contributed by atoms with Crippen molar-refractivity contribution in [1.29, 1.82) is 5.26 Å². The number of aliphatic hydroxyl groups excluding tert-OH is 1. The van der Waals surface area contributed by atoms with Gasteiger partial charge in [-0.3, -0.25) is 0 Å². The number of nitrogens with zero attached hydrogens (tertiary/aromatic N) is 1. The summed E-state index contributed by atoms with van der Waals surface area (Å²) < 4.78 is 5.23. The normalized spacial score (nSPS) is 11.8. The van der Waals surface area contributed by atoms with E-state index in [1.54, 1.807) is 24.3 Å². The minimum Gasteiger partial charge on any atom is -0.489 e. The fourth-order valence-electron chi connectivity index (χ4n) is 0.939. The molecule has 1 aromatic rings. The molecule has 4 heteroatoms. The van der Waals surface area contributed by atoms with Crippen molar-refractivity contribution in [3.63, 3.8) is 0 Å². The Labute approximate surface area is 82.5 Å². The van der Waals surface area contributed by atoms with Gasteiger partial charge in [-0.05, 0) is 12.1 Å². The highest BCUT2D eigenvalue weighted by Gasteiger charge is 2.05. The predicted molar refractivity (Wildman–Crippen MR) is 51.7 cm³/mol. The van der Waals surface area contributed by atoms with Gasteiger partial charge in [0.15, 0.2) is 0 Å². The van der Waals surface area contributed by atoms with Crippen LogP contribution < -0.4 is 10.5 Å². The largest absolute Gasteiger partial charge is 0.489 e. The summed E-state index contributed by atoms with van der Waals surface area (Å²) in [5, 5.41) is 17.9. The lowest BCUT2D eigenvalue weighted by molar-refractivity contribution is 0.114. The quantitative estimate of drug-likeness (QED) is 0.717. The third-order valence-corrected chi connectivity index (χ3v) is 1.71. The van der Waals surface area contributed by atoms with E-state index in [-0.39, 0.29) is 13.2 Å². The van der Waals surface area contributed by atoms with Crippen molar-refractivity contribution in [2.45, 2.75) is 6.10 Å². The van der Waals surface area contributed by atoms with E-state index < -0.39 is 6.10 Å². The van der Waals surface area contributed by atoms with Crippen molar-refractivity contribution in [1.82, 2.24) is 0 Å². The van der Waals surface area contributed by atoms with Gasteiger partial charge in [-0.2, -0.15) is 5.26 Å². The minimum absolute atomic E-state index is 0.106. The van der Waals surface area contributed by atoms with Gasteiger partial charge in [0.1, 0.15) is 24.5 Å². The number of hydrogen-bond donors (Lipinski definition) is 2. The Hall–Kier alpha value is -1.57. The van der Waals surface area contributed by atoms with E-state index in [4.69, 9.17) is 20.8 Å². The molecule has 0 saturated heterocycles. The molecule has 0 saturated carbocycles. The second-order valence-electron chi connectivity index (χ2n) is 2.81. The molecule has 0 aliphatic carbocycles. The second kappa shape index (κ2) is 5.22. The first kappa shape index (κ1) is 10.5. The van der Waals surface area contributed by atoms with Crippen LogP contribution in [-0.2, 0) is 0 Å². The fourth-order valence-corrected chi connectivity index (χ4v) is 0.939. The molecule has 0 spiro atoms. The molecule has 14 heavy (non-hydrogen) atoms. The molecular formula is C10H12N2O2. The highest BCUT2D eigenvalue weighted by Crippen LogP contribution is 2.16. The van der Waals surface area contributed by atoms with Crippen LogP contribution in [0, 0.1) is 11.3 Å². The zero-order valence-corrected chi connectivity index (χ0v) is 7.68. The van der Waals surface area contributed by atoms with Crippen LogP contribution in [0.4, 0.5) is 0 Å². The van der Waals surface area contributed by atoms with Crippen LogP contribution in [0.3, 0.4) is 0 Å². The average molecular weight is 192 g/mol. The summed E-state index contributed by atoms with van der Waals surface area (Å²) in [6.45, 7) is 0.254. The maximum absolute atomic E-state index is 9.15. The van der Waals surface area contributed by atoms with E-state index in [2.05, 4.69) is 0 Å². The summed E-state index contributed by atoms with van der Waals surface area (Å²) in [7, 11) is 0. The van der Waals surface area contributed by atoms with Crippen molar-refractivity contribution >= 4 is 0 Å². The average Bonchev–Trinajstić information content (AvgIpc) is 2.26. The Balaban J connectivity index is 2.63. The number of ether oxygens (including phenoxy) is 1. The smallest absolute Gasteiger partial charge is 0.137 e. The van der Waals surface area contributed by atoms with Crippen LogP contribution in [0.1, 0.15) is 5.56 Å². The molecule has 1 rings (SSSR count). The molecule has 74 valence electrons. The van der Waals surface area contributed by atoms with E-state index in [9.17, 15) is 0 Å². The van der Waals surface area contributed by atoms with Crippen LogP contribution in [0.5, 0.6) is 5.75 Å². The number of nitrogens with two attached hydrogens (primary N) is 1. The molecule has 3 N–H and O–H groups in total. The van der Waals surface area contributed by atoms with Gasteiger partial charge in [-0.25, -0.2) is 0 Å².